The Labute approximate surface area is 135 Å². The second-order valence-electron chi connectivity index (χ2n) is 5.74. The summed E-state index contributed by atoms with van der Waals surface area (Å²) in [6.07, 6.45) is 3.40. The van der Waals surface area contributed by atoms with E-state index in [1.54, 1.807) is 25.2 Å². The maximum atomic E-state index is 12.3. The van der Waals surface area contributed by atoms with Crippen molar-refractivity contribution in [1.29, 1.82) is 0 Å². The molecule has 1 aromatic carbocycles. The highest BCUT2D eigenvalue weighted by atomic mass is 35.5. The number of benzene rings is 1. The molecular weight excluding hydrogens is 306 g/mol. The standard InChI is InChI=1S/C15H19N3O3.ClH/c1-18-11-8-10(4-5-12(11)21-9-13(18)19)17-14(20)15(16)6-2-3-7-15;/h4-5,8H,2-3,6-7,9,16H2,1H3,(H,17,20);1H. The van der Waals surface area contributed by atoms with E-state index in [9.17, 15) is 9.59 Å². The lowest BCUT2D eigenvalue weighted by atomic mass is 9.98. The second-order valence-corrected chi connectivity index (χ2v) is 5.74. The Morgan fingerprint density at radius 1 is 1.36 bits per heavy atom. The number of fused-ring (bicyclic) bond motifs is 1. The Balaban J connectivity index is 0.00000176. The molecule has 0 unspecified atom stereocenters. The molecule has 2 aliphatic rings. The van der Waals surface area contributed by atoms with Gasteiger partial charge in [-0.2, -0.15) is 0 Å². The van der Waals surface area contributed by atoms with Crippen molar-refractivity contribution in [2.45, 2.75) is 31.2 Å². The van der Waals surface area contributed by atoms with Gasteiger partial charge < -0.3 is 20.7 Å². The Morgan fingerprint density at radius 2 is 2.05 bits per heavy atom. The number of rotatable bonds is 2. The van der Waals surface area contributed by atoms with Crippen LogP contribution >= 0.6 is 12.4 Å². The molecule has 0 atom stereocenters. The van der Waals surface area contributed by atoms with Gasteiger partial charge in [0.25, 0.3) is 5.91 Å². The summed E-state index contributed by atoms with van der Waals surface area (Å²) in [5, 5.41) is 2.85. The van der Waals surface area contributed by atoms with E-state index in [0.717, 1.165) is 12.8 Å². The number of nitrogens with two attached hydrogens (primary N) is 1. The van der Waals surface area contributed by atoms with Gasteiger partial charge in [-0.15, -0.1) is 12.4 Å². The molecule has 1 aromatic rings. The normalized spacial score (nSPS) is 19.0. The maximum Gasteiger partial charge on any atom is 0.264 e. The van der Waals surface area contributed by atoms with Crippen LogP contribution in [0.25, 0.3) is 0 Å². The molecule has 1 heterocycles. The van der Waals surface area contributed by atoms with Crippen LogP contribution in [0.5, 0.6) is 5.75 Å². The zero-order valence-electron chi connectivity index (χ0n) is 12.4. The quantitative estimate of drug-likeness (QED) is 0.866. The van der Waals surface area contributed by atoms with Gasteiger partial charge in [0.15, 0.2) is 6.61 Å². The van der Waals surface area contributed by atoms with Crippen LogP contribution in [0.15, 0.2) is 18.2 Å². The van der Waals surface area contributed by atoms with Gasteiger partial charge in [0, 0.05) is 12.7 Å². The molecule has 7 heteroatoms. The van der Waals surface area contributed by atoms with Crippen LogP contribution in [0.1, 0.15) is 25.7 Å². The smallest absolute Gasteiger partial charge is 0.264 e. The predicted molar refractivity (Wildman–Crippen MR) is 86.6 cm³/mol. The number of carbonyl (C=O) groups excluding carboxylic acids is 2. The van der Waals surface area contributed by atoms with Crippen LogP contribution in [0, 0.1) is 0 Å². The highest BCUT2D eigenvalue weighted by Gasteiger charge is 2.37. The van der Waals surface area contributed by atoms with Gasteiger partial charge in [0.2, 0.25) is 5.91 Å². The van der Waals surface area contributed by atoms with Crippen LogP contribution in [-0.4, -0.2) is 31.0 Å². The number of ether oxygens (including phenoxy) is 1. The third-order valence-electron chi connectivity index (χ3n) is 4.25. The number of halogens is 1. The molecule has 0 aromatic heterocycles. The maximum absolute atomic E-state index is 12.3. The zero-order chi connectivity index (χ0) is 15.0. The van der Waals surface area contributed by atoms with Crippen LogP contribution in [0.4, 0.5) is 11.4 Å². The van der Waals surface area contributed by atoms with Crippen molar-refractivity contribution in [2.75, 3.05) is 23.9 Å². The lowest BCUT2D eigenvalue weighted by Crippen LogP contribution is -2.48. The van der Waals surface area contributed by atoms with E-state index < -0.39 is 5.54 Å². The van der Waals surface area contributed by atoms with Gasteiger partial charge in [-0.05, 0) is 31.0 Å². The second kappa shape index (κ2) is 6.14. The van der Waals surface area contributed by atoms with Gasteiger partial charge in [0.05, 0.1) is 11.2 Å². The van der Waals surface area contributed by atoms with Gasteiger partial charge in [-0.3, -0.25) is 9.59 Å². The number of hydrogen-bond acceptors (Lipinski definition) is 4. The number of likely N-dealkylation sites (N-methyl/N-ethyl adjacent to an activating group) is 1. The van der Waals surface area contributed by atoms with Gasteiger partial charge in [-0.1, -0.05) is 12.8 Å². The van der Waals surface area contributed by atoms with Gasteiger partial charge >= 0.3 is 0 Å². The Kier molecular flexibility index (Phi) is 4.63. The van der Waals surface area contributed by atoms with E-state index >= 15 is 0 Å². The molecule has 0 bridgehead atoms. The lowest BCUT2D eigenvalue weighted by Gasteiger charge is -2.27. The molecule has 0 spiro atoms. The largest absolute Gasteiger partial charge is 0.482 e. The van der Waals surface area contributed by atoms with Gasteiger partial charge in [-0.25, -0.2) is 0 Å². The minimum atomic E-state index is -0.770. The summed E-state index contributed by atoms with van der Waals surface area (Å²) in [5.41, 5.74) is 6.65. The third kappa shape index (κ3) is 2.89. The first-order valence-electron chi connectivity index (χ1n) is 7.13. The van der Waals surface area contributed by atoms with E-state index in [-0.39, 0.29) is 30.8 Å². The average molecular weight is 326 g/mol. The SMILES string of the molecule is CN1C(=O)COc2ccc(NC(=O)C3(N)CCCC3)cc21.Cl. The molecule has 6 nitrogen and oxygen atoms in total. The Morgan fingerprint density at radius 3 is 2.73 bits per heavy atom. The summed E-state index contributed by atoms with van der Waals surface area (Å²) in [5.74, 6) is 0.362. The van der Waals surface area contributed by atoms with Crippen molar-refractivity contribution in [1.82, 2.24) is 0 Å². The summed E-state index contributed by atoms with van der Waals surface area (Å²) in [6, 6.07) is 5.26. The van der Waals surface area contributed by atoms with E-state index in [1.165, 1.54) is 4.90 Å². The number of carbonyl (C=O) groups is 2. The first-order valence-corrected chi connectivity index (χ1v) is 7.13. The topological polar surface area (TPSA) is 84.7 Å². The van der Waals surface area contributed by atoms with E-state index in [1.807, 2.05) is 0 Å². The Hall–Kier alpha value is -1.79. The minimum Gasteiger partial charge on any atom is -0.482 e. The summed E-state index contributed by atoms with van der Waals surface area (Å²) < 4.78 is 5.36. The van der Waals surface area contributed by atoms with Crippen molar-refractivity contribution in [3.63, 3.8) is 0 Å². The van der Waals surface area contributed by atoms with Gasteiger partial charge in [0.1, 0.15) is 5.75 Å². The Bertz CT molecular complexity index is 600. The summed E-state index contributed by atoms with van der Waals surface area (Å²) in [4.78, 5) is 25.5. The fourth-order valence-electron chi connectivity index (χ4n) is 2.84. The molecule has 3 rings (SSSR count). The molecule has 1 saturated carbocycles. The molecule has 0 saturated heterocycles. The van der Waals surface area contributed by atoms with Crippen molar-refractivity contribution in [3.8, 4) is 5.75 Å². The zero-order valence-corrected chi connectivity index (χ0v) is 13.2. The number of nitrogens with one attached hydrogen (secondary N) is 1. The molecule has 1 aliphatic heterocycles. The molecule has 3 N–H and O–H groups in total. The molecule has 120 valence electrons. The first-order chi connectivity index (χ1) is 9.99. The molecule has 2 amide bonds. The predicted octanol–water partition coefficient (Wildman–Crippen LogP) is 1.67. The van der Waals surface area contributed by atoms with Crippen molar-refractivity contribution in [2.24, 2.45) is 5.73 Å². The molecule has 1 fully saturated rings. The van der Waals surface area contributed by atoms with Crippen LogP contribution in [0.2, 0.25) is 0 Å². The summed E-state index contributed by atoms with van der Waals surface area (Å²) >= 11 is 0. The molecular formula is C15H20ClN3O3. The van der Waals surface area contributed by atoms with Crippen LogP contribution < -0.4 is 20.7 Å². The third-order valence-corrected chi connectivity index (χ3v) is 4.25. The number of amides is 2. The minimum absolute atomic E-state index is 0. The molecule has 0 radical (unpaired) electrons. The first kappa shape index (κ1) is 16.6. The fourth-order valence-corrected chi connectivity index (χ4v) is 2.84. The highest BCUT2D eigenvalue weighted by molar-refractivity contribution is 6.01. The number of nitrogens with zero attached hydrogens (tertiary/aromatic N) is 1. The van der Waals surface area contributed by atoms with Crippen molar-refractivity contribution >= 4 is 35.6 Å². The van der Waals surface area contributed by atoms with E-state index in [2.05, 4.69) is 5.32 Å². The fraction of sp³-hybridized carbons (Fsp3) is 0.467. The van der Waals surface area contributed by atoms with Crippen molar-refractivity contribution < 1.29 is 14.3 Å². The molecule has 1 aliphatic carbocycles. The van der Waals surface area contributed by atoms with E-state index in [0.29, 0.717) is 30.0 Å². The summed E-state index contributed by atoms with van der Waals surface area (Å²) in [7, 11) is 1.69. The molecule has 22 heavy (non-hydrogen) atoms. The lowest BCUT2D eigenvalue weighted by molar-refractivity contribution is -0.121. The highest BCUT2D eigenvalue weighted by Crippen LogP contribution is 2.34. The monoisotopic (exact) mass is 325 g/mol. The van der Waals surface area contributed by atoms with Crippen LogP contribution in [-0.2, 0) is 9.59 Å². The number of anilines is 2. The average Bonchev–Trinajstić information content (AvgIpc) is 2.92. The van der Waals surface area contributed by atoms with E-state index in [4.69, 9.17) is 10.5 Å². The summed E-state index contributed by atoms with van der Waals surface area (Å²) in [6.45, 7) is 0.0428. The van der Waals surface area contributed by atoms with Crippen molar-refractivity contribution in [3.05, 3.63) is 18.2 Å². The number of hydrogen-bond donors (Lipinski definition) is 2. The van der Waals surface area contributed by atoms with Crippen LogP contribution in [0.3, 0.4) is 0 Å².